The molecule has 4 nitrogen and oxygen atoms in total. The first-order chi connectivity index (χ1) is 45.6. The zero-order valence-electron chi connectivity index (χ0n) is 50.9. The van der Waals surface area contributed by atoms with Crippen molar-refractivity contribution in [3.05, 3.63) is 422 Å². The summed E-state index contributed by atoms with van der Waals surface area (Å²) in [6.45, 7) is 0. The first-order valence-electron chi connectivity index (χ1n) is 31.3. The lowest BCUT2D eigenvalue weighted by Crippen LogP contribution is -2.13. The van der Waals surface area contributed by atoms with Gasteiger partial charge in [-0.2, -0.15) is 0 Å². The van der Waals surface area contributed by atoms with Crippen molar-refractivity contribution in [3.8, 4) is 11.1 Å². The second-order valence-electron chi connectivity index (χ2n) is 22.6. The van der Waals surface area contributed by atoms with E-state index in [2.05, 4.69) is 420 Å². The predicted molar refractivity (Wildman–Crippen MR) is 390 cm³/mol. The van der Waals surface area contributed by atoms with Crippen molar-refractivity contribution in [1.29, 1.82) is 0 Å². The molecule has 14 aromatic rings. The molecule has 4 heteroatoms. The fraction of sp³-hybridized carbons (Fsp3) is 0. The van der Waals surface area contributed by atoms with Gasteiger partial charge < -0.3 is 19.6 Å². The molecule has 0 aromatic heterocycles. The monoisotopic (exact) mass is 1180 g/mol. The van der Waals surface area contributed by atoms with E-state index in [1.165, 1.54) is 33.4 Å². The van der Waals surface area contributed by atoms with Crippen LogP contribution < -0.4 is 19.6 Å². The van der Waals surface area contributed by atoms with E-state index in [1.807, 2.05) is 0 Å². The zero-order chi connectivity index (χ0) is 61.7. The third kappa shape index (κ3) is 13.0. The topological polar surface area (TPSA) is 13.0 Å². The van der Waals surface area contributed by atoms with Gasteiger partial charge in [0.2, 0.25) is 0 Å². The average Bonchev–Trinajstić information content (AvgIpc) is 1.18. The molecule has 0 saturated heterocycles. The second kappa shape index (κ2) is 27.4. The van der Waals surface area contributed by atoms with Crippen molar-refractivity contribution in [2.75, 3.05) is 19.6 Å². The van der Waals surface area contributed by atoms with Crippen LogP contribution in [0.25, 0.3) is 34.4 Å². The maximum atomic E-state index is 2.36. The highest BCUT2D eigenvalue weighted by Gasteiger charge is 2.20. The third-order valence-electron chi connectivity index (χ3n) is 16.6. The van der Waals surface area contributed by atoms with Gasteiger partial charge in [0.25, 0.3) is 0 Å². The van der Waals surface area contributed by atoms with Crippen molar-refractivity contribution in [2.45, 2.75) is 0 Å². The Morgan fingerprint density at radius 3 is 0.500 bits per heavy atom. The van der Waals surface area contributed by atoms with Crippen LogP contribution in [0.1, 0.15) is 33.4 Å². The Kier molecular flexibility index (Phi) is 17.1. The smallest absolute Gasteiger partial charge is 0.0463 e. The number of hydrogen-bond donors (Lipinski definition) is 0. The highest BCUT2D eigenvalue weighted by molar-refractivity contribution is 5.94. The molecule has 0 bridgehead atoms. The Morgan fingerprint density at radius 2 is 0.304 bits per heavy atom. The maximum Gasteiger partial charge on any atom is 0.0463 e. The minimum absolute atomic E-state index is 1.03. The van der Waals surface area contributed by atoms with Gasteiger partial charge in [-0.15, -0.1) is 0 Å². The van der Waals surface area contributed by atoms with E-state index in [1.54, 1.807) is 0 Å². The first-order valence-corrected chi connectivity index (χ1v) is 31.3. The molecule has 0 heterocycles. The molecule has 0 spiro atoms. The van der Waals surface area contributed by atoms with Crippen molar-refractivity contribution in [3.63, 3.8) is 0 Å². The molecule has 0 aliphatic rings. The summed E-state index contributed by atoms with van der Waals surface area (Å²) in [5.41, 5.74) is 24.3. The third-order valence-corrected chi connectivity index (χ3v) is 16.6. The van der Waals surface area contributed by atoms with Crippen LogP contribution in [-0.4, -0.2) is 0 Å². The van der Waals surface area contributed by atoms with Crippen LogP contribution in [0, 0.1) is 0 Å². The Labute approximate surface area is 540 Å². The van der Waals surface area contributed by atoms with Gasteiger partial charge in [0.15, 0.2) is 0 Å². The minimum Gasteiger partial charge on any atom is -0.311 e. The number of benzene rings is 14. The fourth-order valence-corrected chi connectivity index (χ4v) is 12.1. The molecule has 14 aromatic carbocycles. The summed E-state index contributed by atoms with van der Waals surface area (Å²) in [7, 11) is 0. The molecule has 0 fully saturated rings. The van der Waals surface area contributed by atoms with Crippen LogP contribution in [0.5, 0.6) is 0 Å². The minimum atomic E-state index is 1.03. The molecule has 0 radical (unpaired) electrons. The molecule has 438 valence electrons. The molecule has 0 unspecified atom stereocenters. The lowest BCUT2D eigenvalue weighted by molar-refractivity contribution is 1.24. The fourth-order valence-electron chi connectivity index (χ4n) is 12.1. The Bertz CT molecular complexity index is 4340. The van der Waals surface area contributed by atoms with E-state index in [0.717, 1.165) is 90.5 Å². The summed E-state index contributed by atoms with van der Waals surface area (Å²) < 4.78 is 0. The molecule has 0 aliphatic carbocycles. The van der Waals surface area contributed by atoms with E-state index in [0.29, 0.717) is 0 Å². The van der Waals surface area contributed by atoms with Crippen molar-refractivity contribution >= 4 is 91.5 Å². The molecule has 14 rings (SSSR count). The molecule has 0 atom stereocenters. The number of rotatable bonds is 19. The van der Waals surface area contributed by atoms with Gasteiger partial charge in [-0.25, -0.2) is 0 Å². The standard InChI is InChI=1S/C88H66N4/c1-9-25-71(26-10-1)87(72-27-11-2-12-28-72)65-67-41-49-79(50-42-67)90(77-37-21-7-22-38-77)83-57-61-85(62-58-83)92(82-55-47-70(48-56-82)69-45-53-81(54-46-69)89(75-33-17-5-18-34-75)76-35-19-6-20-36-76)86-63-59-84(60-64-86)91(78-39-23-8-24-40-78)80-51-43-68(44-52-80)66-88(73-29-13-3-14-30-73)74-31-15-4-16-32-74/h1-66H. The second-order valence-corrected chi connectivity index (χ2v) is 22.6. The van der Waals surface area contributed by atoms with Crippen molar-refractivity contribution in [2.24, 2.45) is 0 Å². The van der Waals surface area contributed by atoms with Crippen molar-refractivity contribution in [1.82, 2.24) is 0 Å². The predicted octanol–water partition coefficient (Wildman–Crippen LogP) is 24.4. The van der Waals surface area contributed by atoms with Crippen LogP contribution in [0.3, 0.4) is 0 Å². The van der Waals surface area contributed by atoms with Gasteiger partial charge in [-0.1, -0.05) is 243 Å². The maximum absolute atomic E-state index is 2.36. The largest absolute Gasteiger partial charge is 0.311 e. The summed E-state index contributed by atoms with van der Waals surface area (Å²) in [6.07, 6.45) is 4.57. The number of nitrogens with zero attached hydrogens (tertiary/aromatic N) is 4. The summed E-state index contributed by atoms with van der Waals surface area (Å²) >= 11 is 0. The Hall–Kier alpha value is -12.2. The van der Waals surface area contributed by atoms with E-state index in [9.17, 15) is 0 Å². The normalized spacial score (nSPS) is 10.8. The Morgan fingerprint density at radius 1 is 0.152 bits per heavy atom. The van der Waals surface area contributed by atoms with Gasteiger partial charge in [-0.05, 0) is 213 Å². The lowest BCUT2D eigenvalue weighted by atomic mass is 9.95. The SMILES string of the molecule is C(=C(c1ccccc1)c1ccccc1)c1ccc(N(c2ccccc2)c2ccc(N(c3ccc(-c4ccc(N(c5ccccc5)c5ccccc5)cc4)cc3)c3ccc(N(c4ccccc4)c4ccc(C=C(c5ccccc5)c5ccccc5)cc4)cc3)cc2)cc1. The molecule has 0 amide bonds. The van der Waals surface area contributed by atoms with E-state index >= 15 is 0 Å². The lowest BCUT2D eigenvalue weighted by Gasteiger charge is -2.29. The van der Waals surface area contributed by atoms with Gasteiger partial charge in [0.1, 0.15) is 0 Å². The van der Waals surface area contributed by atoms with Crippen LogP contribution in [0.15, 0.2) is 388 Å². The molecule has 0 aliphatic heterocycles. The Balaban J connectivity index is 0.812. The summed E-state index contributed by atoms with van der Waals surface area (Å²) in [5, 5.41) is 0. The van der Waals surface area contributed by atoms with Crippen molar-refractivity contribution < 1.29 is 0 Å². The molecular formula is C88H66N4. The molecular weight excluding hydrogens is 1110 g/mol. The summed E-state index contributed by atoms with van der Waals surface area (Å²) in [4.78, 5) is 9.31. The summed E-state index contributed by atoms with van der Waals surface area (Å²) in [5.74, 6) is 0. The summed E-state index contributed by atoms with van der Waals surface area (Å²) in [6, 6.07) is 138. The van der Waals surface area contributed by atoms with Crippen LogP contribution >= 0.6 is 0 Å². The van der Waals surface area contributed by atoms with Gasteiger partial charge in [0.05, 0.1) is 0 Å². The molecule has 0 N–H and O–H groups in total. The van der Waals surface area contributed by atoms with E-state index in [4.69, 9.17) is 0 Å². The van der Waals surface area contributed by atoms with Crippen LogP contribution in [0.2, 0.25) is 0 Å². The highest BCUT2D eigenvalue weighted by atomic mass is 15.2. The first kappa shape index (κ1) is 57.5. The average molecular weight is 1180 g/mol. The number of anilines is 12. The van der Waals surface area contributed by atoms with Crippen LogP contribution in [0.4, 0.5) is 68.2 Å². The molecule has 0 saturated carbocycles. The highest BCUT2D eigenvalue weighted by Crippen LogP contribution is 2.43. The van der Waals surface area contributed by atoms with Gasteiger partial charge in [-0.3, -0.25) is 0 Å². The van der Waals surface area contributed by atoms with E-state index in [-0.39, 0.29) is 0 Å². The zero-order valence-corrected chi connectivity index (χ0v) is 50.9. The number of hydrogen-bond acceptors (Lipinski definition) is 4. The van der Waals surface area contributed by atoms with Gasteiger partial charge in [0, 0.05) is 68.2 Å². The van der Waals surface area contributed by atoms with E-state index < -0.39 is 0 Å². The number of para-hydroxylation sites is 4. The van der Waals surface area contributed by atoms with Gasteiger partial charge >= 0.3 is 0 Å². The van der Waals surface area contributed by atoms with Crippen LogP contribution in [-0.2, 0) is 0 Å². The quantitative estimate of drug-likeness (QED) is 0.0748. The molecule has 92 heavy (non-hydrogen) atoms.